The predicted octanol–water partition coefficient (Wildman–Crippen LogP) is 3.74. The van der Waals surface area contributed by atoms with Crippen LogP contribution in [-0.2, 0) is 60.6 Å². The minimum atomic E-state index is -2.44. The number of carbonyl (C=O) groups excluding carboxylic acids is 4. The summed E-state index contributed by atoms with van der Waals surface area (Å²) in [6, 6.07) is 10.1. The van der Waals surface area contributed by atoms with Crippen molar-refractivity contribution in [3.63, 3.8) is 0 Å². The molecule has 0 radical (unpaired) electrons. The number of halogens is 1. The molecule has 298 valence electrons. The lowest BCUT2D eigenvalue weighted by Crippen LogP contribution is -2.58. The van der Waals surface area contributed by atoms with E-state index in [1.807, 2.05) is 6.92 Å². The number of ether oxygens (including phenoxy) is 6. The van der Waals surface area contributed by atoms with Crippen LogP contribution in [0.2, 0.25) is 5.28 Å². The van der Waals surface area contributed by atoms with Crippen LogP contribution in [-0.4, -0.2) is 91.2 Å². The summed E-state index contributed by atoms with van der Waals surface area (Å²) < 4.78 is 38.4. The van der Waals surface area contributed by atoms with E-state index in [1.54, 1.807) is 61.0 Å². The van der Waals surface area contributed by atoms with E-state index in [4.69, 9.17) is 45.8 Å². The number of anilines is 1. The van der Waals surface area contributed by atoms with Crippen LogP contribution in [0.1, 0.15) is 53.3 Å². The Kier molecular flexibility index (Phi) is 12.6. The third-order valence-corrected chi connectivity index (χ3v) is 9.37. The average molecular weight is 795 g/mol. The number of hydrogen-bond acceptors (Lipinski definition) is 15. The summed E-state index contributed by atoms with van der Waals surface area (Å²) in [5.41, 5.74) is 3.33. The zero-order chi connectivity index (χ0) is 40.9. The fourth-order valence-corrected chi connectivity index (χ4v) is 6.87. The lowest BCUT2D eigenvalue weighted by Gasteiger charge is -2.38. The summed E-state index contributed by atoms with van der Waals surface area (Å²) in [6.45, 7) is 12.4. The minimum Gasteiger partial charge on any atom is -0.463 e. The van der Waals surface area contributed by atoms with Crippen molar-refractivity contribution in [2.75, 3.05) is 25.6 Å². The fourth-order valence-electron chi connectivity index (χ4n) is 6.70. The van der Waals surface area contributed by atoms with Gasteiger partial charge in [0.15, 0.2) is 23.8 Å². The summed E-state index contributed by atoms with van der Waals surface area (Å²) in [5.74, 6) is -3.78. The lowest BCUT2D eigenvalue weighted by molar-refractivity contribution is -0.201. The van der Waals surface area contributed by atoms with Gasteiger partial charge in [0.1, 0.15) is 11.6 Å². The van der Waals surface area contributed by atoms with E-state index in [0.29, 0.717) is 23.2 Å². The molecule has 1 saturated heterocycles. The third-order valence-electron chi connectivity index (χ3n) is 9.20. The molecule has 0 bridgehead atoms. The van der Waals surface area contributed by atoms with Gasteiger partial charge in [0.05, 0.1) is 26.1 Å². The Morgan fingerprint density at radius 3 is 2.23 bits per heavy atom. The summed E-state index contributed by atoms with van der Waals surface area (Å²) in [6.07, 6.45) is -1.64. The first-order valence-electron chi connectivity index (χ1n) is 17.7. The monoisotopic (exact) mass is 794 g/mol. The van der Waals surface area contributed by atoms with Crippen LogP contribution in [0.25, 0.3) is 22.3 Å². The molecule has 4 aromatic rings. The van der Waals surface area contributed by atoms with Gasteiger partial charge in [0.25, 0.3) is 11.2 Å². The summed E-state index contributed by atoms with van der Waals surface area (Å²) >= 11 is 6.14. The highest BCUT2D eigenvalue weighted by atomic mass is 35.5. The maximum atomic E-state index is 14.0. The highest BCUT2D eigenvalue weighted by molar-refractivity contribution is 6.28. The van der Waals surface area contributed by atoms with Crippen molar-refractivity contribution in [3.05, 3.63) is 82.3 Å². The molecule has 0 saturated carbocycles. The molecule has 1 aliphatic rings. The number of nitrogens with two attached hydrogens (primary N) is 1. The van der Waals surface area contributed by atoms with Gasteiger partial charge in [-0.3, -0.25) is 19.0 Å². The van der Waals surface area contributed by atoms with Gasteiger partial charge in [-0.15, -0.1) is 0 Å². The molecule has 56 heavy (non-hydrogen) atoms. The summed E-state index contributed by atoms with van der Waals surface area (Å²) in [7, 11) is 0. The van der Waals surface area contributed by atoms with E-state index >= 15 is 0 Å². The molecular formula is C38H43ClN6O11. The molecule has 1 unspecified atom stereocenters. The minimum absolute atomic E-state index is 0.0460. The second-order valence-electron chi connectivity index (χ2n) is 12.9. The maximum Gasteiger partial charge on any atom is 0.350 e. The van der Waals surface area contributed by atoms with Crippen LogP contribution in [0.4, 0.5) is 5.82 Å². The van der Waals surface area contributed by atoms with Crippen LogP contribution >= 0.6 is 11.6 Å². The summed E-state index contributed by atoms with van der Waals surface area (Å²) in [5, 5.41) is -0.214. The number of pyridine rings is 1. The van der Waals surface area contributed by atoms with Gasteiger partial charge < -0.3 is 38.7 Å². The van der Waals surface area contributed by atoms with Crippen LogP contribution in [0.15, 0.2) is 65.9 Å². The highest BCUT2D eigenvalue weighted by Crippen LogP contribution is 2.47. The second kappa shape index (κ2) is 17.0. The number of nitrogens with zero attached hydrogens (tertiary/aromatic N) is 5. The van der Waals surface area contributed by atoms with E-state index in [0.717, 1.165) is 13.8 Å². The molecule has 3 aromatic heterocycles. The van der Waals surface area contributed by atoms with Crippen molar-refractivity contribution in [2.24, 2.45) is 0 Å². The molecule has 1 aliphatic heterocycles. The van der Waals surface area contributed by atoms with Gasteiger partial charge in [0, 0.05) is 38.6 Å². The van der Waals surface area contributed by atoms with Crippen molar-refractivity contribution in [3.8, 4) is 11.1 Å². The molecule has 1 fully saturated rings. The molecule has 17 nitrogen and oxygen atoms in total. The Hall–Kier alpha value is -5.65. The smallest absolute Gasteiger partial charge is 0.350 e. The molecule has 0 aliphatic carbocycles. The number of nitrogen functional groups attached to an aromatic ring is 1. The first kappa shape index (κ1) is 41.5. The van der Waals surface area contributed by atoms with Gasteiger partial charge in [-0.1, -0.05) is 30.8 Å². The van der Waals surface area contributed by atoms with E-state index in [9.17, 15) is 24.0 Å². The van der Waals surface area contributed by atoms with Crippen molar-refractivity contribution < 1.29 is 47.6 Å². The van der Waals surface area contributed by atoms with E-state index < -0.39 is 66.5 Å². The Balaban J connectivity index is 1.61. The number of imidazole rings is 1. The number of rotatable bonds is 15. The molecular weight excluding hydrogens is 752 g/mol. The second-order valence-corrected chi connectivity index (χ2v) is 13.2. The first-order chi connectivity index (χ1) is 26.6. The van der Waals surface area contributed by atoms with Crippen molar-refractivity contribution in [1.82, 2.24) is 24.1 Å². The molecule has 1 aromatic carbocycles. The van der Waals surface area contributed by atoms with Gasteiger partial charge in [-0.25, -0.2) is 14.6 Å². The van der Waals surface area contributed by atoms with Crippen molar-refractivity contribution in [2.45, 2.75) is 84.1 Å². The Morgan fingerprint density at radius 1 is 1.00 bits per heavy atom. The van der Waals surface area contributed by atoms with Crippen LogP contribution in [0, 0.1) is 0 Å². The van der Waals surface area contributed by atoms with Crippen molar-refractivity contribution >= 4 is 52.5 Å². The number of aromatic nitrogens is 5. The lowest BCUT2D eigenvalue weighted by atomic mass is 9.84. The van der Waals surface area contributed by atoms with E-state index in [1.165, 1.54) is 17.8 Å². The maximum absolute atomic E-state index is 14.0. The van der Waals surface area contributed by atoms with Gasteiger partial charge in [-0.2, -0.15) is 9.97 Å². The van der Waals surface area contributed by atoms with Gasteiger partial charge >= 0.3 is 23.9 Å². The predicted molar refractivity (Wildman–Crippen MR) is 201 cm³/mol. The zero-order valence-corrected chi connectivity index (χ0v) is 32.5. The topological polar surface area (TPSA) is 215 Å². The number of aryl methyl sites for hydroxylation is 1. The number of carbonyl (C=O) groups is 4. The Labute approximate surface area is 326 Å². The standard InChI is InChI=1S/C38H43ClN6O11/c1-8-44-17-11-12-26(32(44)48)25-15-13-24(14-16-25)18-37(34(49)51-9-2,35(50)52-10-3)53-19-27-38(21(4)5,56-23(7)47)29(54-22(6)46)33(55-27)45-20-41-28-30(40)42-36(39)43-31(28)45/h11-17,20,27,29,33H,4,8-10,18-19H2,1-3,5-7H3,(H2,40,42,43)/t27-,29+,33?,38-/m1/s1. The van der Waals surface area contributed by atoms with E-state index in [-0.39, 0.29) is 46.6 Å². The fraction of sp³-hybridized carbons (Fsp3) is 0.421. The van der Waals surface area contributed by atoms with Crippen LogP contribution < -0.4 is 11.3 Å². The summed E-state index contributed by atoms with van der Waals surface area (Å²) in [4.78, 5) is 79.0. The highest BCUT2D eigenvalue weighted by Gasteiger charge is 2.64. The Bertz CT molecular complexity index is 2190. The molecule has 0 amide bonds. The zero-order valence-electron chi connectivity index (χ0n) is 31.8. The molecule has 5 rings (SSSR count). The first-order valence-corrected chi connectivity index (χ1v) is 18.1. The van der Waals surface area contributed by atoms with Gasteiger partial charge in [-0.05, 0) is 68.1 Å². The largest absolute Gasteiger partial charge is 0.463 e. The average Bonchev–Trinajstić information content (AvgIpc) is 3.69. The molecule has 4 heterocycles. The number of esters is 4. The van der Waals surface area contributed by atoms with Crippen molar-refractivity contribution in [1.29, 1.82) is 0 Å². The normalized spacial score (nSPS) is 19.4. The molecule has 0 spiro atoms. The molecule has 18 heteroatoms. The Morgan fingerprint density at radius 2 is 1.66 bits per heavy atom. The number of hydrogen-bond donors (Lipinski definition) is 1. The van der Waals surface area contributed by atoms with E-state index in [2.05, 4.69) is 21.5 Å². The quantitative estimate of drug-likeness (QED) is 0.0596. The SMILES string of the molecule is C=C(C)[C@@]1(OC(C)=O)[C@@H](COC(Cc2ccc(-c3cccn(CC)c3=O)cc2)(C(=O)OCC)C(=O)OCC)OC(n2cnc3c(N)nc(Cl)nc32)[C@@H]1OC(C)=O. The van der Waals surface area contributed by atoms with Crippen LogP contribution in [0.3, 0.4) is 0 Å². The van der Waals surface area contributed by atoms with Gasteiger partial charge in [0.2, 0.25) is 10.9 Å². The third kappa shape index (κ3) is 7.87. The number of fused-ring (bicyclic) bond motifs is 1. The molecule has 2 N–H and O–H groups in total. The van der Waals surface area contributed by atoms with Crippen LogP contribution in [0.5, 0.6) is 0 Å². The molecule has 4 atom stereocenters. The number of benzene rings is 1.